The van der Waals surface area contributed by atoms with Gasteiger partial charge >= 0.3 is 12.0 Å². The van der Waals surface area contributed by atoms with E-state index in [1.807, 2.05) is 91.0 Å². The zero-order chi connectivity index (χ0) is 37.3. The lowest BCUT2D eigenvalue weighted by atomic mass is 9.97. The van der Waals surface area contributed by atoms with E-state index in [0.717, 1.165) is 71.4 Å². The predicted octanol–water partition coefficient (Wildman–Crippen LogP) is 5.81. The molecule has 0 radical (unpaired) electrons. The van der Waals surface area contributed by atoms with Gasteiger partial charge in [0.05, 0.1) is 39.1 Å². The van der Waals surface area contributed by atoms with E-state index in [0.29, 0.717) is 26.1 Å². The molecule has 0 aliphatic carbocycles. The molecule has 0 bridgehead atoms. The van der Waals surface area contributed by atoms with Crippen molar-refractivity contribution in [2.75, 3.05) is 40.0 Å². The topological polar surface area (TPSA) is 128 Å². The average Bonchev–Trinajstić information content (AvgIpc) is 3.68. The first-order valence-electron chi connectivity index (χ1n) is 18.8. The highest BCUT2D eigenvalue weighted by molar-refractivity contribution is 5.84. The van der Waals surface area contributed by atoms with E-state index >= 15 is 0 Å². The maximum atomic E-state index is 13.0. The van der Waals surface area contributed by atoms with Gasteiger partial charge in [0.15, 0.2) is 12.1 Å². The highest BCUT2D eigenvalue weighted by Gasteiger charge is 2.41. The average molecular weight is 736 g/mol. The molecule has 4 atom stereocenters. The quantitative estimate of drug-likeness (QED) is 0.155. The first-order chi connectivity index (χ1) is 26.4. The molecule has 3 heterocycles. The second-order valence-electron chi connectivity index (χ2n) is 14.1. The number of rotatable bonds is 12. The Morgan fingerprint density at radius 1 is 0.852 bits per heavy atom. The van der Waals surface area contributed by atoms with Crippen LogP contribution in [0.1, 0.15) is 59.5 Å². The number of carbonyl (C=O) groups excluding carboxylic acids is 2. The molecule has 4 aromatic rings. The zero-order valence-corrected chi connectivity index (χ0v) is 30.7. The van der Waals surface area contributed by atoms with Gasteiger partial charge in [0.2, 0.25) is 0 Å². The van der Waals surface area contributed by atoms with Crippen LogP contribution in [0.5, 0.6) is 0 Å². The number of methoxy groups -OCH3 is 1. The molecular weight excluding hydrogens is 686 g/mol. The molecule has 0 saturated carbocycles. The standard InChI is InChI=1S/C43H49N3O8/c1-50-40(48)38(25-30-7-3-2-4-8-30)45-42(49)44-27-35-9-5-6-10-37(35)32-15-17-34(18-16-32)41-53-36(26-39(54-41)33-13-11-31(29-47)12-14-33)28-46-21-19-43(20-22-46)51-23-24-52-43/h2-18,36,38-39,41,47H,19-29H2,1H3,(H2,44,45,49)/t36-,38-,39+,41+/m0/s1. The maximum absolute atomic E-state index is 13.0. The summed E-state index contributed by atoms with van der Waals surface area (Å²) in [5.74, 6) is -0.933. The van der Waals surface area contributed by atoms with Crippen molar-refractivity contribution in [3.05, 3.63) is 131 Å². The number of nitrogens with zero attached hydrogens (tertiary/aromatic N) is 1. The number of urea groups is 1. The van der Waals surface area contributed by atoms with Crippen LogP contribution in [0.4, 0.5) is 4.79 Å². The highest BCUT2D eigenvalue weighted by Crippen LogP contribution is 2.40. The molecule has 284 valence electrons. The zero-order valence-electron chi connectivity index (χ0n) is 30.7. The Kier molecular flexibility index (Phi) is 12.3. The number of hydrogen-bond donors (Lipinski definition) is 3. The van der Waals surface area contributed by atoms with Crippen LogP contribution < -0.4 is 10.6 Å². The van der Waals surface area contributed by atoms with Crippen LogP contribution in [0.15, 0.2) is 103 Å². The third-order valence-electron chi connectivity index (χ3n) is 10.5. The number of piperidine rings is 1. The largest absolute Gasteiger partial charge is 0.467 e. The van der Waals surface area contributed by atoms with E-state index in [1.165, 1.54) is 7.11 Å². The summed E-state index contributed by atoms with van der Waals surface area (Å²) in [6, 6.07) is 32.2. The molecule has 3 aliphatic rings. The number of likely N-dealkylation sites (tertiary alicyclic amines) is 1. The second kappa shape index (κ2) is 17.7. The van der Waals surface area contributed by atoms with Crippen molar-refractivity contribution >= 4 is 12.0 Å². The summed E-state index contributed by atoms with van der Waals surface area (Å²) in [7, 11) is 1.31. The van der Waals surface area contributed by atoms with Gasteiger partial charge in [-0.15, -0.1) is 0 Å². The monoisotopic (exact) mass is 735 g/mol. The number of ether oxygens (including phenoxy) is 5. The maximum Gasteiger partial charge on any atom is 0.328 e. The summed E-state index contributed by atoms with van der Waals surface area (Å²) >= 11 is 0. The van der Waals surface area contributed by atoms with E-state index in [-0.39, 0.29) is 25.4 Å². The Morgan fingerprint density at radius 2 is 1.54 bits per heavy atom. The number of aliphatic hydroxyl groups is 1. The van der Waals surface area contributed by atoms with Gasteiger partial charge in [-0.05, 0) is 33.4 Å². The van der Waals surface area contributed by atoms with Crippen LogP contribution in [0, 0.1) is 0 Å². The molecule has 11 heteroatoms. The number of carbonyl (C=O) groups is 2. The van der Waals surface area contributed by atoms with E-state index in [1.54, 1.807) is 0 Å². The van der Waals surface area contributed by atoms with Crippen LogP contribution >= 0.6 is 0 Å². The van der Waals surface area contributed by atoms with Gasteiger partial charge < -0.3 is 44.3 Å². The number of benzene rings is 4. The van der Waals surface area contributed by atoms with Crippen LogP contribution in [0.25, 0.3) is 11.1 Å². The molecule has 11 nitrogen and oxygen atoms in total. The summed E-state index contributed by atoms with van der Waals surface area (Å²) in [6.07, 6.45) is 1.91. The fourth-order valence-corrected chi connectivity index (χ4v) is 7.53. The minimum Gasteiger partial charge on any atom is -0.467 e. The first kappa shape index (κ1) is 37.7. The fourth-order valence-electron chi connectivity index (χ4n) is 7.53. The molecule has 3 N–H and O–H groups in total. The van der Waals surface area contributed by atoms with Crippen molar-refractivity contribution in [3.8, 4) is 11.1 Å². The lowest BCUT2D eigenvalue weighted by Crippen LogP contribution is -2.48. The van der Waals surface area contributed by atoms with Gasteiger partial charge in [-0.3, -0.25) is 0 Å². The Labute approximate surface area is 316 Å². The van der Waals surface area contributed by atoms with Crippen molar-refractivity contribution in [2.24, 2.45) is 0 Å². The van der Waals surface area contributed by atoms with Gasteiger partial charge in [0, 0.05) is 57.4 Å². The van der Waals surface area contributed by atoms with Crippen LogP contribution in [-0.2, 0) is 48.1 Å². The predicted molar refractivity (Wildman–Crippen MR) is 202 cm³/mol. The van der Waals surface area contributed by atoms with Gasteiger partial charge in [-0.2, -0.15) is 0 Å². The second-order valence-corrected chi connectivity index (χ2v) is 14.1. The first-order valence-corrected chi connectivity index (χ1v) is 18.8. The number of hydrogen-bond acceptors (Lipinski definition) is 9. The van der Waals surface area contributed by atoms with Crippen molar-refractivity contribution in [1.29, 1.82) is 0 Å². The van der Waals surface area contributed by atoms with Gasteiger partial charge in [0.25, 0.3) is 0 Å². The van der Waals surface area contributed by atoms with Crippen molar-refractivity contribution in [3.63, 3.8) is 0 Å². The molecule has 2 amide bonds. The number of amides is 2. The number of aliphatic hydroxyl groups excluding tert-OH is 1. The summed E-state index contributed by atoms with van der Waals surface area (Å²) in [5.41, 5.74) is 6.61. The fraction of sp³-hybridized carbons (Fsp3) is 0.395. The molecule has 0 unspecified atom stereocenters. The van der Waals surface area contributed by atoms with Crippen LogP contribution in [0.2, 0.25) is 0 Å². The Bertz CT molecular complexity index is 1820. The smallest absolute Gasteiger partial charge is 0.328 e. The van der Waals surface area contributed by atoms with Gasteiger partial charge in [-0.25, -0.2) is 9.59 Å². The molecule has 3 saturated heterocycles. The van der Waals surface area contributed by atoms with Crippen molar-refractivity contribution < 1.29 is 38.4 Å². The van der Waals surface area contributed by atoms with E-state index < -0.39 is 30.1 Å². The van der Waals surface area contributed by atoms with E-state index in [9.17, 15) is 14.7 Å². The SMILES string of the molecule is COC(=O)[C@H](Cc1ccccc1)NC(=O)NCc1ccccc1-c1ccc([C@@H]2O[C@H](CN3CCC4(CC3)OCCO4)C[C@H](c3ccc(CO)cc3)O2)cc1. The molecule has 1 spiro atoms. The Hall–Kier alpha value is -4.62. The van der Waals surface area contributed by atoms with Crippen LogP contribution in [0.3, 0.4) is 0 Å². The molecule has 4 aromatic carbocycles. The van der Waals surface area contributed by atoms with E-state index in [4.69, 9.17) is 23.7 Å². The summed E-state index contributed by atoms with van der Waals surface area (Å²) in [4.78, 5) is 27.9. The molecule has 3 fully saturated rings. The Morgan fingerprint density at radius 3 is 2.24 bits per heavy atom. The van der Waals surface area contributed by atoms with Gasteiger partial charge in [0.1, 0.15) is 6.04 Å². The van der Waals surface area contributed by atoms with Crippen molar-refractivity contribution in [1.82, 2.24) is 15.5 Å². The molecule has 7 rings (SSSR count). The van der Waals surface area contributed by atoms with E-state index in [2.05, 4.69) is 27.7 Å². The third-order valence-corrected chi connectivity index (χ3v) is 10.5. The molecule has 3 aliphatic heterocycles. The molecule has 0 aromatic heterocycles. The summed E-state index contributed by atoms with van der Waals surface area (Å²) in [6.45, 7) is 4.11. The van der Waals surface area contributed by atoms with Crippen molar-refractivity contribution in [2.45, 2.75) is 69.2 Å². The minimum absolute atomic E-state index is 0.00655. The minimum atomic E-state index is -0.823. The molecular formula is C43H49N3O8. The Balaban J connectivity index is 1.02. The highest BCUT2D eigenvalue weighted by atomic mass is 16.7. The number of esters is 1. The summed E-state index contributed by atoms with van der Waals surface area (Å²) < 4.78 is 30.1. The lowest BCUT2D eigenvalue weighted by molar-refractivity contribution is -0.255. The van der Waals surface area contributed by atoms with Crippen LogP contribution in [-0.4, -0.2) is 79.9 Å². The number of nitrogens with one attached hydrogen (secondary N) is 2. The summed E-state index contributed by atoms with van der Waals surface area (Å²) in [5, 5.41) is 15.3. The van der Waals surface area contributed by atoms with Gasteiger partial charge in [-0.1, -0.05) is 103 Å². The molecule has 54 heavy (non-hydrogen) atoms. The normalized spacial score (nSPS) is 21.7. The lowest BCUT2D eigenvalue weighted by Gasteiger charge is -2.41. The third kappa shape index (κ3) is 9.35.